The number of piperidine rings is 1. The van der Waals surface area contributed by atoms with Gasteiger partial charge in [0, 0.05) is 6.04 Å². The summed E-state index contributed by atoms with van der Waals surface area (Å²) in [5.74, 6) is 1.03. The summed E-state index contributed by atoms with van der Waals surface area (Å²) in [7, 11) is 0. The molecule has 0 aromatic rings. The van der Waals surface area contributed by atoms with E-state index in [1.165, 1.54) is 38.8 Å². The van der Waals surface area contributed by atoms with Crippen molar-refractivity contribution in [2.24, 2.45) is 5.92 Å². The zero-order valence-corrected chi connectivity index (χ0v) is 8.84. The topological polar surface area (TPSA) is 3.24 Å². The van der Waals surface area contributed by atoms with Gasteiger partial charge >= 0.3 is 0 Å². The van der Waals surface area contributed by atoms with Crippen LogP contribution in [0.3, 0.4) is 0 Å². The molecule has 1 aliphatic rings. The van der Waals surface area contributed by atoms with Crippen LogP contribution in [0.4, 0.5) is 0 Å². The van der Waals surface area contributed by atoms with Gasteiger partial charge in [0.25, 0.3) is 0 Å². The molecule has 1 rings (SSSR count). The van der Waals surface area contributed by atoms with Gasteiger partial charge in [0.15, 0.2) is 0 Å². The molecule has 1 nitrogen and oxygen atoms in total. The molecule has 1 fully saturated rings. The van der Waals surface area contributed by atoms with Crippen LogP contribution in [0.25, 0.3) is 0 Å². The Balaban J connectivity index is 2.20. The maximum absolute atomic E-state index is 2.60. The summed E-state index contributed by atoms with van der Waals surface area (Å²) in [6.07, 6.45) is 5.69. The van der Waals surface area contributed by atoms with Crippen LogP contribution in [0.2, 0.25) is 0 Å². The average molecular weight is 169 g/mol. The van der Waals surface area contributed by atoms with Crippen LogP contribution in [0, 0.1) is 5.92 Å². The summed E-state index contributed by atoms with van der Waals surface area (Å²) in [4.78, 5) is 2.60. The predicted molar refractivity (Wildman–Crippen MR) is 54.3 cm³/mol. The van der Waals surface area contributed by atoms with Crippen molar-refractivity contribution in [2.45, 2.75) is 52.5 Å². The second kappa shape index (κ2) is 4.86. The Morgan fingerprint density at radius 3 is 2.25 bits per heavy atom. The number of nitrogens with zero attached hydrogens (tertiary/aromatic N) is 1. The van der Waals surface area contributed by atoms with Crippen molar-refractivity contribution in [2.75, 3.05) is 13.1 Å². The number of rotatable bonds is 3. The van der Waals surface area contributed by atoms with Gasteiger partial charge in [0.1, 0.15) is 0 Å². The van der Waals surface area contributed by atoms with Gasteiger partial charge in [-0.05, 0) is 45.7 Å². The minimum absolute atomic E-state index is 0.757. The lowest BCUT2D eigenvalue weighted by Gasteiger charge is -2.34. The molecule has 0 bridgehead atoms. The quantitative estimate of drug-likeness (QED) is 0.628. The monoisotopic (exact) mass is 169 g/mol. The van der Waals surface area contributed by atoms with Crippen LogP contribution in [0.5, 0.6) is 0 Å². The highest BCUT2D eigenvalue weighted by molar-refractivity contribution is 4.73. The zero-order valence-electron chi connectivity index (χ0n) is 8.84. The van der Waals surface area contributed by atoms with Crippen LogP contribution in [0.15, 0.2) is 0 Å². The minimum atomic E-state index is 0.757. The smallest absolute Gasteiger partial charge is 0.00385 e. The van der Waals surface area contributed by atoms with E-state index in [-0.39, 0.29) is 0 Å². The van der Waals surface area contributed by atoms with Crippen molar-refractivity contribution in [1.29, 1.82) is 0 Å². The Bertz CT molecular complexity index is 112. The highest BCUT2D eigenvalue weighted by Gasteiger charge is 2.19. The van der Waals surface area contributed by atoms with E-state index >= 15 is 0 Å². The first-order chi connectivity index (χ1) is 5.74. The van der Waals surface area contributed by atoms with E-state index in [9.17, 15) is 0 Å². The molecule has 0 unspecified atom stereocenters. The molecule has 0 aromatic heterocycles. The second-order valence-corrected chi connectivity index (χ2v) is 4.36. The van der Waals surface area contributed by atoms with Gasteiger partial charge < -0.3 is 4.90 Å². The SMILES string of the molecule is CCCC1CCN(C(C)C)CC1. The van der Waals surface area contributed by atoms with Gasteiger partial charge in [-0.1, -0.05) is 19.8 Å². The first kappa shape index (κ1) is 10.0. The van der Waals surface area contributed by atoms with Crippen LogP contribution >= 0.6 is 0 Å². The summed E-state index contributed by atoms with van der Waals surface area (Å²) in [5.41, 5.74) is 0. The highest BCUT2D eigenvalue weighted by Crippen LogP contribution is 2.22. The second-order valence-electron chi connectivity index (χ2n) is 4.36. The Labute approximate surface area is 77.1 Å². The maximum Gasteiger partial charge on any atom is 0.00385 e. The van der Waals surface area contributed by atoms with Crippen molar-refractivity contribution in [1.82, 2.24) is 4.90 Å². The lowest BCUT2D eigenvalue weighted by Crippen LogP contribution is -2.38. The molecule has 0 radical (unpaired) electrons. The van der Waals surface area contributed by atoms with Crippen molar-refractivity contribution < 1.29 is 0 Å². The molecule has 0 aromatic carbocycles. The fourth-order valence-electron chi connectivity index (χ4n) is 2.17. The Kier molecular flexibility index (Phi) is 4.07. The Morgan fingerprint density at radius 2 is 1.83 bits per heavy atom. The first-order valence-electron chi connectivity index (χ1n) is 5.48. The van der Waals surface area contributed by atoms with E-state index in [1.807, 2.05) is 0 Å². The van der Waals surface area contributed by atoms with Gasteiger partial charge in [0.2, 0.25) is 0 Å². The van der Waals surface area contributed by atoms with Crippen molar-refractivity contribution in [3.8, 4) is 0 Å². The molecule has 72 valence electrons. The minimum Gasteiger partial charge on any atom is -0.301 e. The van der Waals surface area contributed by atoms with Crippen LogP contribution in [-0.4, -0.2) is 24.0 Å². The molecule has 0 spiro atoms. The summed E-state index contributed by atoms with van der Waals surface area (Å²) in [5, 5.41) is 0. The Hall–Kier alpha value is -0.0400. The van der Waals surface area contributed by atoms with E-state index in [0.717, 1.165) is 12.0 Å². The van der Waals surface area contributed by atoms with E-state index in [0.29, 0.717) is 0 Å². The fraction of sp³-hybridized carbons (Fsp3) is 1.00. The number of likely N-dealkylation sites (tertiary alicyclic amines) is 1. The van der Waals surface area contributed by atoms with Gasteiger partial charge in [-0.15, -0.1) is 0 Å². The lowest BCUT2D eigenvalue weighted by atomic mass is 9.92. The molecule has 1 aliphatic heterocycles. The van der Waals surface area contributed by atoms with E-state index in [1.54, 1.807) is 0 Å². The first-order valence-corrected chi connectivity index (χ1v) is 5.48. The van der Waals surface area contributed by atoms with Gasteiger partial charge in [-0.2, -0.15) is 0 Å². The molecule has 0 atom stereocenters. The van der Waals surface area contributed by atoms with Gasteiger partial charge in [-0.25, -0.2) is 0 Å². The molecule has 0 saturated carbocycles. The molecule has 1 heteroatoms. The summed E-state index contributed by atoms with van der Waals surface area (Å²) in [6, 6.07) is 0.757. The standard InChI is InChI=1S/C11H23N/c1-4-5-11-6-8-12(9-7-11)10(2)3/h10-11H,4-9H2,1-3H3. The number of hydrogen-bond acceptors (Lipinski definition) is 1. The molecule has 1 saturated heterocycles. The summed E-state index contributed by atoms with van der Waals surface area (Å²) >= 11 is 0. The molecule has 0 N–H and O–H groups in total. The van der Waals surface area contributed by atoms with Crippen molar-refractivity contribution in [3.05, 3.63) is 0 Å². The highest BCUT2D eigenvalue weighted by atomic mass is 15.1. The number of hydrogen-bond donors (Lipinski definition) is 0. The van der Waals surface area contributed by atoms with Crippen LogP contribution < -0.4 is 0 Å². The van der Waals surface area contributed by atoms with Crippen LogP contribution in [-0.2, 0) is 0 Å². The van der Waals surface area contributed by atoms with E-state index in [2.05, 4.69) is 25.7 Å². The third-order valence-corrected chi connectivity index (χ3v) is 3.08. The third-order valence-electron chi connectivity index (χ3n) is 3.08. The summed E-state index contributed by atoms with van der Waals surface area (Å²) in [6.45, 7) is 9.58. The largest absolute Gasteiger partial charge is 0.301 e. The average Bonchev–Trinajstić information content (AvgIpc) is 2.06. The third kappa shape index (κ3) is 2.78. The van der Waals surface area contributed by atoms with Crippen LogP contribution in [0.1, 0.15) is 46.5 Å². The Morgan fingerprint density at radius 1 is 1.25 bits per heavy atom. The predicted octanol–water partition coefficient (Wildman–Crippen LogP) is 2.91. The molecule has 0 amide bonds. The van der Waals surface area contributed by atoms with E-state index < -0.39 is 0 Å². The molecular weight excluding hydrogens is 146 g/mol. The lowest BCUT2D eigenvalue weighted by molar-refractivity contribution is 0.145. The van der Waals surface area contributed by atoms with Gasteiger partial charge in [-0.3, -0.25) is 0 Å². The molecular formula is C11H23N. The summed E-state index contributed by atoms with van der Waals surface area (Å²) < 4.78 is 0. The van der Waals surface area contributed by atoms with Gasteiger partial charge in [0.05, 0.1) is 0 Å². The zero-order chi connectivity index (χ0) is 8.97. The molecule has 12 heavy (non-hydrogen) atoms. The van der Waals surface area contributed by atoms with Crippen molar-refractivity contribution in [3.63, 3.8) is 0 Å². The normalized spacial score (nSPS) is 22.0. The molecule has 1 heterocycles. The fourth-order valence-corrected chi connectivity index (χ4v) is 2.17. The van der Waals surface area contributed by atoms with Crippen molar-refractivity contribution >= 4 is 0 Å². The molecule has 0 aliphatic carbocycles. The van der Waals surface area contributed by atoms with E-state index in [4.69, 9.17) is 0 Å². The maximum atomic E-state index is 2.60.